The highest BCUT2D eigenvalue weighted by Gasteiger charge is 2.33. The van der Waals surface area contributed by atoms with Gasteiger partial charge in [0.05, 0.1) is 31.3 Å². The Bertz CT molecular complexity index is 767. The second kappa shape index (κ2) is 8.04. The predicted molar refractivity (Wildman–Crippen MR) is 93.8 cm³/mol. The largest absolute Gasteiger partial charge is 0.454 e. The van der Waals surface area contributed by atoms with E-state index in [1.807, 2.05) is 0 Å². The van der Waals surface area contributed by atoms with Crippen molar-refractivity contribution < 1.29 is 38.7 Å². The van der Waals surface area contributed by atoms with Gasteiger partial charge in [0.1, 0.15) is 0 Å². The Kier molecular flexibility index (Phi) is 5.49. The normalized spacial score (nSPS) is 30.1. The molecule has 4 atom stereocenters. The van der Waals surface area contributed by atoms with Crippen LogP contribution in [0.25, 0.3) is 0 Å². The van der Waals surface area contributed by atoms with E-state index in [-0.39, 0.29) is 50.9 Å². The predicted octanol–water partition coefficient (Wildman–Crippen LogP) is 0.251. The first-order valence-corrected chi connectivity index (χ1v) is 9.34. The van der Waals surface area contributed by atoms with Crippen LogP contribution in [0.1, 0.15) is 41.6 Å². The summed E-state index contributed by atoms with van der Waals surface area (Å²) < 4.78 is 22.2. The average molecular weight is 393 g/mol. The number of amides is 1. The van der Waals surface area contributed by atoms with E-state index >= 15 is 0 Å². The number of aliphatic hydroxyl groups excluding tert-OH is 2. The fourth-order valence-corrected chi connectivity index (χ4v) is 3.72. The van der Waals surface area contributed by atoms with E-state index in [1.165, 1.54) is 0 Å². The van der Waals surface area contributed by atoms with E-state index in [0.717, 1.165) is 0 Å². The van der Waals surface area contributed by atoms with Crippen molar-refractivity contribution in [3.05, 3.63) is 23.3 Å². The van der Waals surface area contributed by atoms with Gasteiger partial charge in [0, 0.05) is 31.4 Å². The molecule has 0 radical (unpaired) electrons. The number of ether oxygens (including phenoxy) is 4. The van der Waals surface area contributed by atoms with Crippen LogP contribution in [0.2, 0.25) is 0 Å². The Hall–Kier alpha value is -2.20. The van der Waals surface area contributed by atoms with Gasteiger partial charge < -0.3 is 34.5 Å². The molecule has 4 unspecified atom stereocenters. The molecule has 0 spiro atoms. The van der Waals surface area contributed by atoms with Crippen molar-refractivity contribution in [2.75, 3.05) is 13.4 Å². The highest BCUT2D eigenvalue weighted by Crippen LogP contribution is 2.36. The molecule has 3 aliphatic heterocycles. The molecule has 9 nitrogen and oxygen atoms in total. The second-order valence-corrected chi connectivity index (χ2v) is 7.22. The molecule has 3 N–H and O–H groups in total. The fraction of sp³-hybridized carbons (Fsp3) is 0.579. The van der Waals surface area contributed by atoms with Gasteiger partial charge in [0.25, 0.3) is 0 Å². The summed E-state index contributed by atoms with van der Waals surface area (Å²) in [6.07, 6.45) is -2.18. The van der Waals surface area contributed by atoms with Gasteiger partial charge in [-0.05, 0) is 17.7 Å². The maximum atomic E-state index is 12.9. The number of rotatable bonds is 3. The molecule has 1 amide bonds. The van der Waals surface area contributed by atoms with Crippen molar-refractivity contribution in [1.82, 2.24) is 5.32 Å². The third-order valence-corrected chi connectivity index (χ3v) is 5.09. The van der Waals surface area contributed by atoms with Crippen LogP contribution in [-0.2, 0) is 20.8 Å². The molecular formula is C19H23NO8. The number of aliphatic hydroxyl groups is 2. The molecule has 1 fully saturated rings. The van der Waals surface area contributed by atoms with Crippen LogP contribution in [0.15, 0.2) is 12.1 Å². The van der Waals surface area contributed by atoms with Crippen LogP contribution in [0.4, 0.5) is 0 Å². The molecule has 1 aromatic carbocycles. The van der Waals surface area contributed by atoms with Gasteiger partial charge in [-0.1, -0.05) is 0 Å². The van der Waals surface area contributed by atoms with Crippen LogP contribution in [-0.4, -0.2) is 59.9 Å². The van der Waals surface area contributed by atoms with E-state index in [2.05, 4.69) is 5.32 Å². The van der Waals surface area contributed by atoms with Crippen LogP contribution < -0.4 is 14.8 Å². The number of benzene rings is 1. The van der Waals surface area contributed by atoms with Crippen LogP contribution in [0, 0.1) is 0 Å². The van der Waals surface area contributed by atoms with E-state index in [9.17, 15) is 19.8 Å². The number of Topliss-reactive ketones (excluding diaryl/α,β-unsaturated/α-hetero) is 1. The summed E-state index contributed by atoms with van der Waals surface area (Å²) in [5.41, 5.74) is 1.12. The van der Waals surface area contributed by atoms with Gasteiger partial charge in [-0.15, -0.1) is 0 Å². The third-order valence-electron chi connectivity index (χ3n) is 5.09. The lowest BCUT2D eigenvalue weighted by Gasteiger charge is -2.34. The summed E-state index contributed by atoms with van der Waals surface area (Å²) in [4.78, 5) is 25.2. The average Bonchev–Trinajstić information content (AvgIpc) is 3.12. The smallest absolute Gasteiger partial charge is 0.231 e. The molecule has 0 saturated carbocycles. The van der Waals surface area contributed by atoms with Gasteiger partial charge in [-0.2, -0.15) is 0 Å². The molecule has 152 valence electrons. The van der Waals surface area contributed by atoms with Crippen molar-refractivity contribution in [1.29, 1.82) is 0 Å². The van der Waals surface area contributed by atoms with E-state index in [4.69, 9.17) is 18.9 Å². The third kappa shape index (κ3) is 4.12. The lowest BCUT2D eigenvalue weighted by molar-refractivity contribution is -0.238. The van der Waals surface area contributed by atoms with E-state index < -0.39 is 24.6 Å². The SMILES string of the molecule is O=C1CC(OC2CC(O)CC(CO)O2)CC(=O)c2cc3c(cc2CN1)OCO3. The lowest BCUT2D eigenvalue weighted by Crippen LogP contribution is -2.41. The monoisotopic (exact) mass is 393 g/mol. The topological polar surface area (TPSA) is 124 Å². The van der Waals surface area contributed by atoms with Gasteiger partial charge >= 0.3 is 0 Å². The summed E-state index contributed by atoms with van der Waals surface area (Å²) in [5.74, 6) is 0.621. The molecule has 1 saturated heterocycles. The highest BCUT2D eigenvalue weighted by molar-refractivity contribution is 5.99. The summed E-state index contributed by atoms with van der Waals surface area (Å²) in [7, 11) is 0. The molecule has 0 aromatic heterocycles. The van der Waals surface area contributed by atoms with Crippen molar-refractivity contribution in [3.63, 3.8) is 0 Å². The molecule has 3 heterocycles. The fourth-order valence-electron chi connectivity index (χ4n) is 3.72. The van der Waals surface area contributed by atoms with E-state index in [1.54, 1.807) is 12.1 Å². The number of nitrogens with one attached hydrogen (secondary N) is 1. The number of ketones is 1. The molecule has 28 heavy (non-hydrogen) atoms. The molecular weight excluding hydrogens is 370 g/mol. The number of carbonyl (C=O) groups excluding carboxylic acids is 2. The molecule has 3 aliphatic rings. The zero-order valence-electron chi connectivity index (χ0n) is 15.3. The van der Waals surface area contributed by atoms with Gasteiger partial charge in [0.15, 0.2) is 23.6 Å². The molecule has 0 aliphatic carbocycles. The Balaban J connectivity index is 1.52. The standard InChI is InChI=1S/C19H23NO8/c21-8-13-2-11(22)3-19(28-13)27-12-4-15(23)14-6-17-16(25-9-26-17)1-10(14)7-20-18(24)5-12/h1,6,11-13,19,21-22H,2-5,7-9H2,(H,20,24). The zero-order chi connectivity index (χ0) is 19.7. The molecule has 9 heteroatoms. The molecule has 4 rings (SSSR count). The van der Waals surface area contributed by atoms with Gasteiger partial charge in [0.2, 0.25) is 12.7 Å². The van der Waals surface area contributed by atoms with E-state index in [0.29, 0.717) is 29.0 Å². The number of hydrogen-bond donors (Lipinski definition) is 3. The van der Waals surface area contributed by atoms with Crippen molar-refractivity contribution in [2.45, 2.75) is 56.8 Å². The van der Waals surface area contributed by atoms with Crippen LogP contribution >= 0.6 is 0 Å². The zero-order valence-corrected chi connectivity index (χ0v) is 15.3. The quantitative estimate of drug-likeness (QED) is 0.668. The summed E-state index contributed by atoms with van der Waals surface area (Å²) >= 11 is 0. The first-order chi connectivity index (χ1) is 13.5. The summed E-state index contributed by atoms with van der Waals surface area (Å²) in [6.45, 7) is 0.0634. The maximum absolute atomic E-state index is 12.9. The van der Waals surface area contributed by atoms with Crippen molar-refractivity contribution >= 4 is 11.7 Å². The Morgan fingerprint density at radius 1 is 1.14 bits per heavy atom. The van der Waals surface area contributed by atoms with Crippen LogP contribution in [0.3, 0.4) is 0 Å². The highest BCUT2D eigenvalue weighted by atomic mass is 16.7. The first-order valence-electron chi connectivity index (χ1n) is 9.34. The van der Waals surface area contributed by atoms with Gasteiger partial charge in [-0.3, -0.25) is 9.59 Å². The Morgan fingerprint density at radius 2 is 1.93 bits per heavy atom. The van der Waals surface area contributed by atoms with Crippen molar-refractivity contribution in [2.24, 2.45) is 0 Å². The van der Waals surface area contributed by atoms with Gasteiger partial charge in [-0.25, -0.2) is 0 Å². The second-order valence-electron chi connectivity index (χ2n) is 7.22. The minimum absolute atomic E-state index is 0.00775. The van der Waals surface area contributed by atoms with Crippen LogP contribution in [0.5, 0.6) is 11.5 Å². The number of carbonyl (C=O) groups is 2. The molecule has 0 bridgehead atoms. The Labute approximate surface area is 161 Å². The summed E-state index contributed by atoms with van der Waals surface area (Å²) in [5, 5.41) is 22.0. The summed E-state index contributed by atoms with van der Waals surface area (Å²) in [6, 6.07) is 3.35. The number of fused-ring (bicyclic) bond motifs is 2. The maximum Gasteiger partial charge on any atom is 0.231 e. The Morgan fingerprint density at radius 3 is 2.71 bits per heavy atom. The van der Waals surface area contributed by atoms with Crippen molar-refractivity contribution in [3.8, 4) is 11.5 Å². The molecule has 1 aromatic rings. The number of hydrogen-bond acceptors (Lipinski definition) is 8. The minimum atomic E-state index is -0.788. The minimum Gasteiger partial charge on any atom is -0.454 e. The first kappa shape index (κ1) is 19.1. The lowest BCUT2D eigenvalue weighted by atomic mass is 9.98.